The molecule has 0 bridgehead atoms. The molecule has 122 valence electrons. The van der Waals surface area contributed by atoms with Crippen molar-refractivity contribution in [1.82, 2.24) is 0 Å². The lowest BCUT2D eigenvalue weighted by Gasteiger charge is -2.19. The number of rotatable bonds is 6. The number of benzene rings is 2. The van der Waals surface area contributed by atoms with Crippen LogP contribution in [0.4, 0.5) is 0 Å². The van der Waals surface area contributed by atoms with Gasteiger partial charge in [-0.1, -0.05) is 36.4 Å². The summed E-state index contributed by atoms with van der Waals surface area (Å²) in [5, 5.41) is 19.0. The maximum Gasteiger partial charge on any atom is 0.126 e. The predicted molar refractivity (Wildman–Crippen MR) is 90.8 cm³/mol. The second kappa shape index (κ2) is 7.16. The summed E-state index contributed by atoms with van der Waals surface area (Å²) in [6.07, 6.45) is 2.97. The molecule has 0 heterocycles. The lowest BCUT2D eigenvalue weighted by atomic mass is 9.96. The summed E-state index contributed by atoms with van der Waals surface area (Å²) in [5.74, 6) is 0.916. The number of aliphatic hydroxyl groups excluding tert-OH is 2. The second-order valence-corrected chi connectivity index (χ2v) is 6.31. The summed E-state index contributed by atoms with van der Waals surface area (Å²) in [4.78, 5) is 0. The molecular formula is C20H24O3. The summed E-state index contributed by atoms with van der Waals surface area (Å²) in [6.45, 7) is 2.42. The van der Waals surface area contributed by atoms with Gasteiger partial charge in [-0.2, -0.15) is 0 Å². The molecule has 3 nitrogen and oxygen atoms in total. The molecule has 0 spiro atoms. The maximum absolute atomic E-state index is 9.85. The Morgan fingerprint density at radius 3 is 2.61 bits per heavy atom. The van der Waals surface area contributed by atoms with E-state index in [1.54, 1.807) is 0 Å². The molecule has 2 aromatic carbocycles. The van der Waals surface area contributed by atoms with E-state index in [9.17, 15) is 5.11 Å². The molecule has 1 aliphatic carbocycles. The summed E-state index contributed by atoms with van der Waals surface area (Å²) in [7, 11) is 0. The van der Waals surface area contributed by atoms with Gasteiger partial charge in [0.2, 0.25) is 0 Å². The molecule has 0 aromatic heterocycles. The third-order valence-electron chi connectivity index (χ3n) is 4.54. The minimum absolute atomic E-state index is 0.228. The van der Waals surface area contributed by atoms with Crippen molar-refractivity contribution in [2.24, 2.45) is 0 Å². The van der Waals surface area contributed by atoms with E-state index in [4.69, 9.17) is 9.84 Å². The average molecular weight is 312 g/mol. The molecule has 23 heavy (non-hydrogen) atoms. The number of ether oxygens (including phenoxy) is 1. The summed E-state index contributed by atoms with van der Waals surface area (Å²) in [5.41, 5.74) is 6.09. The normalized spacial score (nSPS) is 14.6. The Balaban J connectivity index is 1.91. The fourth-order valence-electron chi connectivity index (χ4n) is 3.42. The molecular weight excluding hydrogens is 288 g/mol. The molecule has 2 aromatic rings. The number of aliphatic hydroxyl groups is 2. The molecule has 0 fully saturated rings. The van der Waals surface area contributed by atoms with Crippen LogP contribution in [0.15, 0.2) is 36.4 Å². The van der Waals surface area contributed by atoms with Gasteiger partial charge in [0.15, 0.2) is 0 Å². The van der Waals surface area contributed by atoms with Gasteiger partial charge in [0.25, 0.3) is 0 Å². The first-order valence-electron chi connectivity index (χ1n) is 8.29. The van der Waals surface area contributed by atoms with Crippen LogP contribution in [-0.4, -0.2) is 22.9 Å². The van der Waals surface area contributed by atoms with E-state index in [2.05, 4.69) is 25.1 Å². The highest BCUT2D eigenvalue weighted by molar-refractivity contribution is 5.52. The van der Waals surface area contributed by atoms with Crippen molar-refractivity contribution in [3.8, 4) is 5.75 Å². The Bertz CT molecular complexity index is 664. The molecule has 0 saturated carbocycles. The molecule has 1 atom stereocenters. The molecule has 1 unspecified atom stereocenters. The van der Waals surface area contributed by atoms with E-state index in [1.165, 1.54) is 16.7 Å². The number of fused-ring (bicyclic) bond motifs is 1. The quantitative estimate of drug-likeness (QED) is 0.862. The molecule has 0 saturated heterocycles. The van der Waals surface area contributed by atoms with E-state index in [0.29, 0.717) is 13.0 Å². The monoisotopic (exact) mass is 312 g/mol. The summed E-state index contributed by atoms with van der Waals surface area (Å²) in [6, 6.07) is 12.2. The first-order chi connectivity index (χ1) is 11.2. The molecule has 3 rings (SSSR count). The molecule has 3 heteroatoms. The highest BCUT2D eigenvalue weighted by Gasteiger charge is 2.22. The van der Waals surface area contributed by atoms with Crippen molar-refractivity contribution >= 4 is 0 Å². The van der Waals surface area contributed by atoms with Crippen molar-refractivity contribution in [2.75, 3.05) is 6.61 Å². The highest BCUT2D eigenvalue weighted by atomic mass is 16.5. The lowest BCUT2D eigenvalue weighted by molar-refractivity contribution is 0.0947. The van der Waals surface area contributed by atoms with E-state index in [-0.39, 0.29) is 6.61 Å². The van der Waals surface area contributed by atoms with Crippen LogP contribution >= 0.6 is 0 Å². The second-order valence-electron chi connectivity index (χ2n) is 6.31. The van der Waals surface area contributed by atoms with Gasteiger partial charge in [-0.15, -0.1) is 0 Å². The summed E-state index contributed by atoms with van der Waals surface area (Å²) >= 11 is 0. The molecule has 1 aliphatic rings. The minimum Gasteiger partial charge on any atom is -0.488 e. The highest BCUT2D eigenvalue weighted by Crippen LogP contribution is 2.37. The number of hydrogen-bond donors (Lipinski definition) is 2. The van der Waals surface area contributed by atoms with Crippen LogP contribution in [0.1, 0.15) is 34.2 Å². The third-order valence-corrected chi connectivity index (χ3v) is 4.54. The van der Waals surface area contributed by atoms with Gasteiger partial charge in [0.05, 0.1) is 12.7 Å². The van der Waals surface area contributed by atoms with Crippen molar-refractivity contribution in [2.45, 2.75) is 45.3 Å². The Morgan fingerprint density at radius 1 is 1.13 bits per heavy atom. The fourth-order valence-corrected chi connectivity index (χ4v) is 3.42. The van der Waals surface area contributed by atoms with Crippen molar-refractivity contribution < 1.29 is 14.9 Å². The summed E-state index contributed by atoms with van der Waals surface area (Å²) < 4.78 is 6.17. The van der Waals surface area contributed by atoms with Crippen molar-refractivity contribution in [1.29, 1.82) is 0 Å². The van der Waals surface area contributed by atoms with Crippen LogP contribution in [0.2, 0.25) is 0 Å². The smallest absolute Gasteiger partial charge is 0.126 e. The molecule has 2 N–H and O–H groups in total. The van der Waals surface area contributed by atoms with Crippen LogP contribution in [0.5, 0.6) is 5.75 Å². The zero-order chi connectivity index (χ0) is 16.2. The average Bonchev–Trinajstić information content (AvgIpc) is 3.05. The van der Waals surface area contributed by atoms with Crippen molar-refractivity contribution in [3.05, 3.63) is 64.2 Å². The fraction of sp³-hybridized carbons (Fsp3) is 0.400. The van der Waals surface area contributed by atoms with Crippen LogP contribution < -0.4 is 4.74 Å². The van der Waals surface area contributed by atoms with E-state index in [1.807, 2.05) is 18.2 Å². The van der Waals surface area contributed by atoms with E-state index < -0.39 is 6.10 Å². The Morgan fingerprint density at radius 2 is 1.87 bits per heavy atom. The van der Waals surface area contributed by atoms with Gasteiger partial charge in [0, 0.05) is 6.42 Å². The lowest BCUT2D eigenvalue weighted by Crippen LogP contribution is -2.16. The predicted octanol–water partition coefficient (Wildman–Crippen LogP) is 2.96. The van der Waals surface area contributed by atoms with Gasteiger partial charge in [-0.3, -0.25) is 0 Å². The van der Waals surface area contributed by atoms with Gasteiger partial charge in [-0.05, 0) is 54.0 Å². The third kappa shape index (κ3) is 3.57. The largest absolute Gasteiger partial charge is 0.488 e. The van der Waals surface area contributed by atoms with Gasteiger partial charge < -0.3 is 14.9 Å². The standard InChI is InChI=1S/C20H24O3/c1-14-10-16(11-17(22)12-21)20(19-9-5-8-18(14)19)23-13-15-6-3-2-4-7-15/h2-4,6-7,10,17,21-22H,5,8-9,11-13H2,1H3. The van der Waals surface area contributed by atoms with Crippen LogP contribution in [0, 0.1) is 6.92 Å². The zero-order valence-electron chi connectivity index (χ0n) is 13.6. The van der Waals surface area contributed by atoms with Crippen LogP contribution in [0.3, 0.4) is 0 Å². The van der Waals surface area contributed by atoms with Gasteiger partial charge in [0.1, 0.15) is 12.4 Å². The number of hydrogen-bond acceptors (Lipinski definition) is 3. The first-order valence-corrected chi connectivity index (χ1v) is 8.29. The molecule has 0 aliphatic heterocycles. The SMILES string of the molecule is Cc1cc(CC(O)CO)c(OCc2ccccc2)c2c1CCC2. The Labute approximate surface area is 137 Å². The number of aryl methyl sites for hydroxylation is 1. The molecule has 0 radical (unpaired) electrons. The zero-order valence-corrected chi connectivity index (χ0v) is 13.6. The first kappa shape index (κ1) is 16.0. The van der Waals surface area contributed by atoms with Crippen LogP contribution in [-0.2, 0) is 25.9 Å². The minimum atomic E-state index is -0.743. The Kier molecular flexibility index (Phi) is 4.99. The van der Waals surface area contributed by atoms with E-state index in [0.717, 1.165) is 36.1 Å². The maximum atomic E-state index is 9.85. The topological polar surface area (TPSA) is 49.7 Å². The van der Waals surface area contributed by atoms with Crippen molar-refractivity contribution in [3.63, 3.8) is 0 Å². The van der Waals surface area contributed by atoms with E-state index >= 15 is 0 Å². The van der Waals surface area contributed by atoms with Gasteiger partial charge >= 0.3 is 0 Å². The van der Waals surface area contributed by atoms with Gasteiger partial charge in [-0.25, -0.2) is 0 Å². The Hall–Kier alpha value is -1.84. The van der Waals surface area contributed by atoms with Crippen LogP contribution in [0.25, 0.3) is 0 Å². The molecule has 0 amide bonds.